The van der Waals surface area contributed by atoms with Gasteiger partial charge in [0.25, 0.3) is 0 Å². The van der Waals surface area contributed by atoms with Gasteiger partial charge < -0.3 is 26.0 Å². The number of rotatable bonds is 7. The maximum absolute atomic E-state index is 14.0. The van der Waals surface area contributed by atoms with Crippen LogP contribution in [0.3, 0.4) is 0 Å². The molecule has 1 saturated heterocycles. The van der Waals surface area contributed by atoms with Crippen molar-refractivity contribution in [2.45, 2.75) is 43.7 Å². The molecule has 0 radical (unpaired) electrons. The predicted octanol–water partition coefficient (Wildman–Crippen LogP) is 1.53. The Kier molecular flexibility index (Phi) is 5.02. The molecule has 1 atom stereocenters. The molecule has 1 amide bonds. The Balaban J connectivity index is 1.45. The van der Waals surface area contributed by atoms with Crippen LogP contribution in [-0.2, 0) is 16.8 Å². The minimum atomic E-state index is -0.486. The molecule has 8 nitrogen and oxygen atoms in total. The van der Waals surface area contributed by atoms with Crippen LogP contribution in [0.25, 0.3) is 0 Å². The van der Waals surface area contributed by atoms with Crippen LogP contribution < -0.4 is 20.9 Å². The summed E-state index contributed by atoms with van der Waals surface area (Å²) in [6.07, 6.45) is 4.80. The van der Waals surface area contributed by atoms with Crippen molar-refractivity contribution in [3.63, 3.8) is 0 Å². The largest absolute Gasteiger partial charge is 0.396 e. The van der Waals surface area contributed by atoms with Crippen molar-refractivity contribution in [2.24, 2.45) is 5.73 Å². The Morgan fingerprint density at radius 3 is 2.90 bits per heavy atom. The van der Waals surface area contributed by atoms with E-state index in [0.29, 0.717) is 37.0 Å². The van der Waals surface area contributed by atoms with Gasteiger partial charge in [-0.2, -0.15) is 4.98 Å². The van der Waals surface area contributed by atoms with Crippen LogP contribution in [0.5, 0.6) is 0 Å². The van der Waals surface area contributed by atoms with E-state index in [1.807, 2.05) is 0 Å². The summed E-state index contributed by atoms with van der Waals surface area (Å²) < 4.78 is 14.0. The van der Waals surface area contributed by atoms with Crippen molar-refractivity contribution in [2.75, 3.05) is 41.4 Å². The lowest BCUT2D eigenvalue weighted by Gasteiger charge is -2.22. The average Bonchev–Trinajstić information content (AvgIpc) is 3.40. The van der Waals surface area contributed by atoms with Crippen molar-refractivity contribution < 1.29 is 14.3 Å². The molecule has 1 spiro atoms. The van der Waals surface area contributed by atoms with Gasteiger partial charge in [0, 0.05) is 44.0 Å². The molecule has 4 N–H and O–H groups in total. The van der Waals surface area contributed by atoms with Crippen LogP contribution >= 0.6 is 0 Å². The van der Waals surface area contributed by atoms with Gasteiger partial charge in [-0.3, -0.25) is 4.79 Å². The number of carbonyl (C=O) groups is 1. The van der Waals surface area contributed by atoms with E-state index in [2.05, 4.69) is 15.2 Å². The third-order valence-corrected chi connectivity index (χ3v) is 6.49. The van der Waals surface area contributed by atoms with Gasteiger partial charge in [-0.1, -0.05) is 6.07 Å². The Labute approximate surface area is 180 Å². The second-order valence-corrected chi connectivity index (χ2v) is 8.68. The molecule has 9 heteroatoms. The van der Waals surface area contributed by atoms with Gasteiger partial charge in [0.15, 0.2) is 0 Å². The van der Waals surface area contributed by atoms with Crippen LogP contribution in [-0.4, -0.2) is 53.3 Å². The minimum absolute atomic E-state index is 0.0176. The van der Waals surface area contributed by atoms with Crippen molar-refractivity contribution in [3.05, 3.63) is 41.3 Å². The van der Waals surface area contributed by atoms with E-state index >= 15 is 0 Å². The van der Waals surface area contributed by atoms with Gasteiger partial charge in [0.2, 0.25) is 11.9 Å². The first-order valence-electron chi connectivity index (χ1n) is 10.8. The highest BCUT2D eigenvalue weighted by Crippen LogP contribution is 2.57. The number of fused-ring (bicyclic) bond motifs is 2. The van der Waals surface area contributed by atoms with E-state index in [0.717, 1.165) is 36.9 Å². The predicted molar refractivity (Wildman–Crippen MR) is 116 cm³/mol. The number of hydrogen-bond acceptors (Lipinski definition) is 7. The molecule has 5 rings (SSSR count). The molecule has 1 unspecified atom stereocenters. The molecular formula is C22H27FN6O2. The average molecular weight is 426 g/mol. The summed E-state index contributed by atoms with van der Waals surface area (Å²) >= 11 is 0. The Hall–Kier alpha value is -2.78. The number of hydrogen-bond donors (Lipinski definition) is 3. The van der Waals surface area contributed by atoms with E-state index < -0.39 is 5.41 Å². The maximum atomic E-state index is 14.0. The number of carbonyl (C=O) groups excluding carboxylic acids is 1. The molecular weight excluding hydrogens is 399 g/mol. The molecule has 0 bridgehead atoms. The quantitative estimate of drug-likeness (QED) is 0.576. The highest BCUT2D eigenvalue weighted by molar-refractivity contribution is 6.10. The van der Waals surface area contributed by atoms with Crippen molar-refractivity contribution >= 4 is 23.4 Å². The van der Waals surface area contributed by atoms with Gasteiger partial charge in [-0.15, -0.1) is 0 Å². The topological polar surface area (TPSA) is 108 Å². The molecule has 3 aliphatic rings. The van der Waals surface area contributed by atoms with Crippen LogP contribution in [0.4, 0.5) is 21.8 Å². The number of anilines is 3. The molecule has 1 aromatic carbocycles. The zero-order valence-corrected chi connectivity index (χ0v) is 17.4. The molecule has 1 saturated carbocycles. The van der Waals surface area contributed by atoms with Gasteiger partial charge in [-0.25, -0.2) is 9.37 Å². The normalized spacial score (nSPS) is 21.1. The minimum Gasteiger partial charge on any atom is -0.396 e. The van der Waals surface area contributed by atoms with E-state index in [1.54, 1.807) is 17.2 Å². The lowest BCUT2D eigenvalue weighted by Crippen LogP contribution is -2.32. The molecule has 1 aliphatic carbocycles. The summed E-state index contributed by atoms with van der Waals surface area (Å²) in [6, 6.07) is 4.72. The van der Waals surface area contributed by atoms with Crippen molar-refractivity contribution in [1.29, 1.82) is 0 Å². The SMILES string of the molecule is NC1CCN(c2ncc(CN3C(=O)C4(CC4)c4ccc(F)cc43)c(NCCCO)n2)C1. The number of nitrogens with zero attached hydrogens (tertiary/aromatic N) is 4. The fraction of sp³-hybridized carbons (Fsp3) is 0.500. The van der Waals surface area contributed by atoms with Crippen molar-refractivity contribution in [1.82, 2.24) is 9.97 Å². The first-order valence-corrected chi connectivity index (χ1v) is 10.8. The van der Waals surface area contributed by atoms with Gasteiger partial charge in [0.05, 0.1) is 17.6 Å². The lowest BCUT2D eigenvalue weighted by molar-refractivity contribution is -0.120. The van der Waals surface area contributed by atoms with E-state index in [9.17, 15) is 9.18 Å². The number of halogens is 1. The Bertz CT molecular complexity index is 1010. The van der Waals surface area contributed by atoms with Crippen molar-refractivity contribution in [3.8, 4) is 0 Å². The summed E-state index contributed by atoms with van der Waals surface area (Å²) in [5.41, 5.74) is 7.85. The first-order chi connectivity index (χ1) is 15.0. The van der Waals surface area contributed by atoms with Crippen LogP contribution in [0, 0.1) is 5.82 Å². The summed E-state index contributed by atoms with van der Waals surface area (Å²) in [7, 11) is 0. The van der Waals surface area contributed by atoms with Crippen LogP contribution in [0.15, 0.2) is 24.4 Å². The van der Waals surface area contributed by atoms with Gasteiger partial charge in [-0.05, 0) is 43.4 Å². The first kappa shape index (κ1) is 20.1. The smallest absolute Gasteiger partial charge is 0.238 e. The number of aliphatic hydroxyl groups excluding tert-OH is 1. The number of nitrogens with one attached hydrogen (secondary N) is 1. The second kappa shape index (κ2) is 7.72. The van der Waals surface area contributed by atoms with E-state index in [4.69, 9.17) is 15.8 Å². The van der Waals surface area contributed by atoms with Gasteiger partial charge in [0.1, 0.15) is 11.6 Å². The molecule has 3 heterocycles. The highest BCUT2D eigenvalue weighted by atomic mass is 19.1. The Morgan fingerprint density at radius 1 is 1.35 bits per heavy atom. The van der Waals surface area contributed by atoms with E-state index in [-0.39, 0.29) is 30.9 Å². The number of aliphatic hydroxyl groups is 1. The molecule has 31 heavy (non-hydrogen) atoms. The number of nitrogens with two attached hydrogens (primary N) is 1. The second-order valence-electron chi connectivity index (χ2n) is 8.68. The summed E-state index contributed by atoms with van der Waals surface area (Å²) in [5.74, 6) is 0.888. The molecule has 2 aliphatic heterocycles. The fourth-order valence-corrected chi connectivity index (χ4v) is 4.62. The number of aromatic nitrogens is 2. The van der Waals surface area contributed by atoms with Crippen LogP contribution in [0.1, 0.15) is 36.8 Å². The zero-order chi connectivity index (χ0) is 21.6. The number of benzene rings is 1. The Morgan fingerprint density at radius 2 is 2.19 bits per heavy atom. The van der Waals surface area contributed by atoms with Gasteiger partial charge >= 0.3 is 0 Å². The summed E-state index contributed by atoms with van der Waals surface area (Å²) in [5, 5.41) is 12.4. The van der Waals surface area contributed by atoms with Crippen LogP contribution in [0.2, 0.25) is 0 Å². The zero-order valence-electron chi connectivity index (χ0n) is 17.4. The summed E-state index contributed by atoms with van der Waals surface area (Å²) in [6.45, 7) is 2.38. The third kappa shape index (κ3) is 3.51. The highest BCUT2D eigenvalue weighted by Gasteiger charge is 2.59. The monoisotopic (exact) mass is 426 g/mol. The van der Waals surface area contributed by atoms with E-state index in [1.165, 1.54) is 12.1 Å². The lowest BCUT2D eigenvalue weighted by atomic mass is 9.98. The standard InChI is InChI=1S/C22H27FN6O2/c23-15-2-3-17-18(10-15)29(20(31)22(17)5-6-22)12-14-11-26-21(28-8-4-16(24)13-28)27-19(14)25-7-1-9-30/h2-3,10-11,16,30H,1,4-9,12-13,24H2,(H,25,26,27). The maximum Gasteiger partial charge on any atom is 0.238 e. The molecule has 2 fully saturated rings. The molecule has 164 valence electrons. The summed E-state index contributed by atoms with van der Waals surface area (Å²) in [4.78, 5) is 26.2. The third-order valence-electron chi connectivity index (χ3n) is 6.49. The number of amides is 1. The molecule has 1 aromatic heterocycles. The fourth-order valence-electron chi connectivity index (χ4n) is 4.62. The molecule has 2 aromatic rings.